The van der Waals surface area contributed by atoms with E-state index < -0.39 is 0 Å². The molecule has 2 aromatic carbocycles. The van der Waals surface area contributed by atoms with Gasteiger partial charge in [-0.25, -0.2) is 4.39 Å². The highest BCUT2D eigenvalue weighted by Gasteiger charge is 2.16. The Balaban J connectivity index is 2.29. The summed E-state index contributed by atoms with van der Waals surface area (Å²) in [6, 6.07) is 15.3. The zero-order valence-corrected chi connectivity index (χ0v) is 12.5. The Bertz CT molecular complexity index is 882. The Morgan fingerprint density at radius 3 is 2.32 bits per heavy atom. The summed E-state index contributed by atoms with van der Waals surface area (Å²) in [5.41, 5.74) is 1.47. The van der Waals surface area contributed by atoms with Gasteiger partial charge in [0.2, 0.25) is 10.7 Å². The first-order valence-electron chi connectivity index (χ1n) is 6.62. The highest BCUT2D eigenvalue weighted by molar-refractivity contribution is 7.71. The van der Waals surface area contributed by atoms with Gasteiger partial charge in [0.15, 0.2) is 5.82 Å². The molecular formula is C16H12FN3OS. The molecule has 3 rings (SSSR count). The summed E-state index contributed by atoms with van der Waals surface area (Å²) in [4.78, 5) is 11.7. The lowest BCUT2D eigenvalue weighted by Gasteiger charge is -2.06. The molecule has 0 N–H and O–H groups in total. The molecule has 6 heteroatoms. The van der Waals surface area contributed by atoms with Crippen molar-refractivity contribution in [3.8, 4) is 17.1 Å². The van der Waals surface area contributed by atoms with Crippen molar-refractivity contribution >= 4 is 18.1 Å². The van der Waals surface area contributed by atoms with Crippen LogP contribution in [0.4, 0.5) is 4.39 Å². The van der Waals surface area contributed by atoms with Crippen LogP contribution in [-0.4, -0.2) is 20.3 Å². The predicted octanol–water partition coefficient (Wildman–Crippen LogP) is 3.87. The third kappa shape index (κ3) is 2.48. The summed E-state index contributed by atoms with van der Waals surface area (Å²) in [6.45, 7) is 1.40. The second-order valence-corrected chi connectivity index (χ2v) is 5.08. The van der Waals surface area contributed by atoms with Crippen LogP contribution in [0.2, 0.25) is 0 Å². The lowest BCUT2D eigenvalue weighted by Crippen LogP contribution is -2.08. The number of para-hydroxylation sites is 1. The quantitative estimate of drug-likeness (QED) is 0.674. The molecule has 1 heterocycles. The molecule has 0 saturated carbocycles. The van der Waals surface area contributed by atoms with E-state index in [1.54, 1.807) is 16.7 Å². The first-order valence-corrected chi connectivity index (χ1v) is 7.03. The summed E-state index contributed by atoms with van der Waals surface area (Å²) in [5.74, 6) is -0.117. The molecule has 0 amide bonds. The molecule has 0 bridgehead atoms. The maximum atomic E-state index is 13.1. The monoisotopic (exact) mass is 313 g/mol. The standard InChI is InChI=1S/C16H12FN3OS/c1-11(21)20-16(22)19(14-5-3-2-4-6-14)15(18-20)12-7-9-13(17)10-8-12/h2-10H,1H3. The van der Waals surface area contributed by atoms with Crippen molar-refractivity contribution in [2.24, 2.45) is 0 Å². The summed E-state index contributed by atoms with van der Waals surface area (Å²) in [7, 11) is 0. The van der Waals surface area contributed by atoms with Gasteiger partial charge in [0.05, 0.1) is 0 Å². The van der Waals surface area contributed by atoms with Crippen molar-refractivity contribution in [3.05, 3.63) is 65.2 Å². The largest absolute Gasteiger partial charge is 0.273 e. The van der Waals surface area contributed by atoms with Gasteiger partial charge in [-0.3, -0.25) is 9.36 Å². The van der Waals surface area contributed by atoms with Gasteiger partial charge in [-0.1, -0.05) is 18.2 Å². The highest BCUT2D eigenvalue weighted by atomic mass is 32.1. The van der Waals surface area contributed by atoms with Crippen molar-refractivity contribution in [2.45, 2.75) is 6.92 Å². The Labute approximate surface area is 131 Å². The van der Waals surface area contributed by atoms with E-state index >= 15 is 0 Å². The molecule has 0 aliphatic carbocycles. The molecule has 110 valence electrons. The van der Waals surface area contributed by atoms with Gasteiger partial charge in [-0.05, 0) is 48.6 Å². The summed E-state index contributed by atoms with van der Waals surface area (Å²) >= 11 is 5.37. The number of halogens is 1. The second kappa shape index (κ2) is 5.65. The molecule has 0 spiro atoms. The number of rotatable bonds is 2. The van der Waals surface area contributed by atoms with E-state index in [1.807, 2.05) is 30.3 Å². The van der Waals surface area contributed by atoms with Crippen molar-refractivity contribution in [3.63, 3.8) is 0 Å². The Morgan fingerprint density at radius 2 is 1.73 bits per heavy atom. The molecule has 0 saturated heterocycles. The minimum Gasteiger partial charge on any atom is -0.273 e. The van der Waals surface area contributed by atoms with Crippen molar-refractivity contribution < 1.29 is 9.18 Å². The molecule has 0 aliphatic rings. The molecule has 1 aromatic heterocycles. The third-order valence-corrected chi connectivity index (χ3v) is 3.55. The van der Waals surface area contributed by atoms with E-state index in [4.69, 9.17) is 12.2 Å². The van der Waals surface area contributed by atoms with E-state index in [0.717, 1.165) is 5.69 Å². The molecule has 3 aromatic rings. The molecule has 0 fully saturated rings. The summed E-state index contributed by atoms with van der Waals surface area (Å²) in [6.07, 6.45) is 0. The van der Waals surface area contributed by atoms with Crippen LogP contribution in [0.3, 0.4) is 0 Å². The molecule has 0 atom stereocenters. The first kappa shape index (κ1) is 14.3. The molecule has 22 heavy (non-hydrogen) atoms. The second-order valence-electron chi connectivity index (χ2n) is 4.71. The number of aromatic nitrogens is 3. The number of carbonyl (C=O) groups excluding carboxylic acids is 1. The minimum atomic E-state index is -0.334. The fourth-order valence-corrected chi connectivity index (χ4v) is 2.53. The highest BCUT2D eigenvalue weighted by Crippen LogP contribution is 2.22. The fraction of sp³-hybridized carbons (Fsp3) is 0.0625. The van der Waals surface area contributed by atoms with Crippen LogP contribution in [0.1, 0.15) is 11.7 Å². The Morgan fingerprint density at radius 1 is 1.09 bits per heavy atom. The molecule has 4 nitrogen and oxygen atoms in total. The lowest BCUT2D eigenvalue weighted by molar-refractivity contribution is 0.0919. The average Bonchev–Trinajstić information content (AvgIpc) is 2.86. The zero-order chi connectivity index (χ0) is 15.7. The number of hydrogen-bond donors (Lipinski definition) is 0. The maximum absolute atomic E-state index is 13.1. The van der Waals surface area contributed by atoms with E-state index in [-0.39, 0.29) is 16.5 Å². The SMILES string of the molecule is CC(=O)n1nc(-c2ccc(F)cc2)n(-c2ccccc2)c1=S. The van der Waals surface area contributed by atoms with Crippen LogP contribution in [0, 0.1) is 10.6 Å². The van der Waals surface area contributed by atoms with E-state index in [2.05, 4.69) is 5.10 Å². The third-order valence-electron chi connectivity index (χ3n) is 3.19. The van der Waals surface area contributed by atoms with E-state index in [9.17, 15) is 9.18 Å². The van der Waals surface area contributed by atoms with Crippen LogP contribution in [0.5, 0.6) is 0 Å². The van der Waals surface area contributed by atoms with Crippen LogP contribution in [0.25, 0.3) is 17.1 Å². The molecular weight excluding hydrogens is 301 g/mol. The first-order chi connectivity index (χ1) is 10.6. The fourth-order valence-electron chi connectivity index (χ4n) is 2.17. The molecule has 0 aliphatic heterocycles. The maximum Gasteiger partial charge on any atom is 0.246 e. The van der Waals surface area contributed by atoms with Gasteiger partial charge >= 0.3 is 0 Å². The van der Waals surface area contributed by atoms with Gasteiger partial charge in [0.25, 0.3) is 0 Å². The van der Waals surface area contributed by atoms with E-state index in [1.165, 1.54) is 23.7 Å². The van der Waals surface area contributed by atoms with Crippen molar-refractivity contribution in [2.75, 3.05) is 0 Å². The van der Waals surface area contributed by atoms with Crippen LogP contribution in [0.15, 0.2) is 54.6 Å². The van der Waals surface area contributed by atoms with Gasteiger partial charge in [0.1, 0.15) is 5.82 Å². The number of nitrogens with zero attached hydrogens (tertiary/aromatic N) is 3. The summed E-state index contributed by atoms with van der Waals surface area (Å²) in [5, 5.41) is 4.29. The molecule has 0 radical (unpaired) electrons. The normalized spacial score (nSPS) is 10.6. The smallest absolute Gasteiger partial charge is 0.246 e. The van der Waals surface area contributed by atoms with Crippen LogP contribution in [-0.2, 0) is 0 Å². The van der Waals surface area contributed by atoms with Gasteiger partial charge < -0.3 is 0 Å². The lowest BCUT2D eigenvalue weighted by atomic mass is 10.2. The topological polar surface area (TPSA) is 39.8 Å². The van der Waals surface area contributed by atoms with Crippen molar-refractivity contribution in [1.29, 1.82) is 0 Å². The average molecular weight is 313 g/mol. The van der Waals surface area contributed by atoms with Crippen LogP contribution < -0.4 is 0 Å². The predicted molar refractivity (Wildman–Crippen MR) is 84.1 cm³/mol. The number of benzene rings is 2. The Kier molecular flexibility index (Phi) is 3.68. The number of carbonyl (C=O) groups is 1. The van der Waals surface area contributed by atoms with Gasteiger partial charge in [-0.15, -0.1) is 5.10 Å². The Hall–Kier alpha value is -2.60. The van der Waals surface area contributed by atoms with Gasteiger partial charge in [-0.2, -0.15) is 4.68 Å². The minimum absolute atomic E-state index is 0.275. The summed E-state index contributed by atoms with van der Waals surface area (Å²) < 4.78 is 16.3. The van der Waals surface area contributed by atoms with E-state index in [0.29, 0.717) is 11.4 Å². The van der Waals surface area contributed by atoms with Crippen molar-refractivity contribution in [1.82, 2.24) is 14.3 Å². The zero-order valence-electron chi connectivity index (χ0n) is 11.7. The number of hydrogen-bond acceptors (Lipinski definition) is 3. The van der Waals surface area contributed by atoms with Gasteiger partial charge in [0, 0.05) is 18.2 Å². The van der Waals surface area contributed by atoms with Crippen LogP contribution >= 0.6 is 12.2 Å². The molecule has 0 unspecified atom stereocenters.